The standard InChI is InChI=1S/C8H9FN2/c9-7-2-1-3-11-8(7)6-4-10-5-6/h1-3,6,10H,4-5H2. The van der Waals surface area contributed by atoms with E-state index >= 15 is 0 Å². The molecule has 1 aromatic rings. The minimum absolute atomic E-state index is 0.181. The van der Waals surface area contributed by atoms with Crippen LogP contribution in [0.25, 0.3) is 0 Å². The van der Waals surface area contributed by atoms with E-state index in [1.807, 2.05) is 0 Å². The van der Waals surface area contributed by atoms with Crippen LogP contribution in [-0.4, -0.2) is 18.1 Å². The summed E-state index contributed by atoms with van der Waals surface area (Å²) in [6, 6.07) is 3.07. The number of rotatable bonds is 1. The molecule has 0 saturated carbocycles. The van der Waals surface area contributed by atoms with E-state index in [1.165, 1.54) is 6.07 Å². The summed E-state index contributed by atoms with van der Waals surface area (Å²) in [4.78, 5) is 3.99. The lowest BCUT2D eigenvalue weighted by molar-refractivity contribution is 0.420. The maximum absolute atomic E-state index is 13.0. The molecule has 1 aliphatic heterocycles. The molecule has 0 aliphatic carbocycles. The number of nitrogens with zero attached hydrogens (tertiary/aromatic N) is 1. The summed E-state index contributed by atoms with van der Waals surface area (Å²) in [6.45, 7) is 1.71. The van der Waals surface area contributed by atoms with E-state index in [4.69, 9.17) is 0 Å². The fourth-order valence-corrected chi connectivity index (χ4v) is 1.18. The molecule has 0 bridgehead atoms. The van der Waals surface area contributed by atoms with Gasteiger partial charge in [0.05, 0.1) is 5.69 Å². The third kappa shape index (κ3) is 1.12. The number of hydrogen-bond acceptors (Lipinski definition) is 2. The summed E-state index contributed by atoms with van der Waals surface area (Å²) >= 11 is 0. The summed E-state index contributed by atoms with van der Waals surface area (Å²) in [5, 5.41) is 3.08. The molecule has 2 rings (SSSR count). The lowest BCUT2D eigenvalue weighted by Gasteiger charge is -2.26. The van der Waals surface area contributed by atoms with Gasteiger partial charge in [-0.25, -0.2) is 4.39 Å². The van der Waals surface area contributed by atoms with Gasteiger partial charge in [0.15, 0.2) is 0 Å². The van der Waals surface area contributed by atoms with Crippen LogP contribution in [0.15, 0.2) is 18.3 Å². The molecule has 0 atom stereocenters. The molecule has 1 fully saturated rings. The molecule has 1 N–H and O–H groups in total. The summed E-state index contributed by atoms with van der Waals surface area (Å²) < 4.78 is 13.0. The minimum atomic E-state index is -0.181. The Kier molecular flexibility index (Phi) is 1.58. The van der Waals surface area contributed by atoms with Gasteiger partial charge in [0.25, 0.3) is 0 Å². The summed E-state index contributed by atoms with van der Waals surface area (Å²) in [7, 11) is 0. The van der Waals surface area contributed by atoms with Gasteiger partial charge in [0.1, 0.15) is 5.82 Å². The Morgan fingerprint density at radius 1 is 1.55 bits per heavy atom. The Balaban J connectivity index is 2.28. The molecule has 0 amide bonds. The molecule has 3 heteroatoms. The first-order chi connectivity index (χ1) is 5.38. The Morgan fingerprint density at radius 2 is 2.36 bits per heavy atom. The van der Waals surface area contributed by atoms with Crippen molar-refractivity contribution in [1.82, 2.24) is 10.3 Å². The normalized spacial score (nSPS) is 17.9. The minimum Gasteiger partial charge on any atom is -0.315 e. The van der Waals surface area contributed by atoms with Gasteiger partial charge in [-0.2, -0.15) is 0 Å². The smallest absolute Gasteiger partial charge is 0.145 e. The molecule has 0 unspecified atom stereocenters. The number of hydrogen-bond donors (Lipinski definition) is 1. The number of pyridine rings is 1. The summed E-state index contributed by atoms with van der Waals surface area (Å²) in [5.74, 6) is 0.107. The van der Waals surface area contributed by atoms with Gasteiger partial charge in [-0.15, -0.1) is 0 Å². The molecular weight excluding hydrogens is 143 g/mol. The van der Waals surface area contributed by atoms with Gasteiger partial charge in [0, 0.05) is 25.2 Å². The molecule has 0 radical (unpaired) electrons. The molecule has 1 aromatic heterocycles. The third-order valence-electron chi connectivity index (χ3n) is 1.96. The maximum atomic E-state index is 13.0. The van der Waals surface area contributed by atoms with Crippen LogP contribution in [-0.2, 0) is 0 Å². The third-order valence-corrected chi connectivity index (χ3v) is 1.96. The zero-order valence-corrected chi connectivity index (χ0v) is 6.05. The van der Waals surface area contributed by atoms with Crippen LogP contribution in [0.1, 0.15) is 11.6 Å². The highest BCUT2D eigenvalue weighted by atomic mass is 19.1. The van der Waals surface area contributed by atoms with E-state index in [0.717, 1.165) is 13.1 Å². The van der Waals surface area contributed by atoms with Crippen molar-refractivity contribution >= 4 is 0 Å². The van der Waals surface area contributed by atoms with Gasteiger partial charge >= 0.3 is 0 Å². The van der Waals surface area contributed by atoms with Crippen molar-refractivity contribution in [2.45, 2.75) is 5.92 Å². The first-order valence-electron chi connectivity index (χ1n) is 3.69. The van der Waals surface area contributed by atoms with Crippen molar-refractivity contribution in [3.8, 4) is 0 Å². The molecular formula is C8H9FN2. The lowest BCUT2D eigenvalue weighted by Crippen LogP contribution is -2.40. The molecule has 0 aromatic carbocycles. The molecule has 58 valence electrons. The molecule has 1 aliphatic rings. The number of halogens is 1. The largest absolute Gasteiger partial charge is 0.315 e. The fourth-order valence-electron chi connectivity index (χ4n) is 1.18. The predicted octanol–water partition coefficient (Wildman–Crippen LogP) is 0.907. The van der Waals surface area contributed by atoms with Crippen LogP contribution >= 0.6 is 0 Å². The fraction of sp³-hybridized carbons (Fsp3) is 0.375. The first kappa shape index (κ1) is 6.73. The van der Waals surface area contributed by atoms with E-state index < -0.39 is 0 Å². The Hall–Kier alpha value is -0.960. The number of aromatic nitrogens is 1. The highest BCUT2D eigenvalue weighted by molar-refractivity contribution is 5.15. The summed E-state index contributed by atoms with van der Waals surface area (Å²) in [6.07, 6.45) is 1.64. The van der Waals surface area contributed by atoms with Crippen molar-refractivity contribution in [2.24, 2.45) is 0 Å². The van der Waals surface area contributed by atoms with Crippen molar-refractivity contribution in [3.63, 3.8) is 0 Å². The van der Waals surface area contributed by atoms with Crippen LogP contribution in [0.2, 0.25) is 0 Å². The highest BCUT2D eigenvalue weighted by Crippen LogP contribution is 2.19. The highest BCUT2D eigenvalue weighted by Gasteiger charge is 2.22. The van der Waals surface area contributed by atoms with Gasteiger partial charge < -0.3 is 5.32 Å². The first-order valence-corrected chi connectivity index (χ1v) is 3.69. The Morgan fingerprint density at radius 3 is 2.91 bits per heavy atom. The second-order valence-electron chi connectivity index (χ2n) is 2.73. The van der Waals surface area contributed by atoms with Gasteiger partial charge in [-0.3, -0.25) is 4.98 Å². The van der Waals surface area contributed by atoms with Crippen LogP contribution in [0.4, 0.5) is 4.39 Å². The van der Waals surface area contributed by atoms with E-state index in [2.05, 4.69) is 10.3 Å². The van der Waals surface area contributed by atoms with Crippen molar-refractivity contribution in [3.05, 3.63) is 29.8 Å². The van der Waals surface area contributed by atoms with Crippen LogP contribution in [0, 0.1) is 5.82 Å². The Labute approximate surface area is 64.5 Å². The van der Waals surface area contributed by atoms with E-state index in [9.17, 15) is 4.39 Å². The maximum Gasteiger partial charge on any atom is 0.145 e. The molecule has 11 heavy (non-hydrogen) atoms. The molecule has 0 spiro atoms. The second kappa shape index (κ2) is 2.58. The van der Waals surface area contributed by atoms with Gasteiger partial charge in [0.2, 0.25) is 0 Å². The second-order valence-corrected chi connectivity index (χ2v) is 2.73. The van der Waals surface area contributed by atoms with Crippen molar-refractivity contribution in [2.75, 3.05) is 13.1 Å². The molecule has 2 nitrogen and oxygen atoms in total. The van der Waals surface area contributed by atoms with E-state index in [-0.39, 0.29) is 11.7 Å². The summed E-state index contributed by atoms with van der Waals surface area (Å²) in [5.41, 5.74) is 0.603. The molecule has 1 saturated heterocycles. The lowest BCUT2D eigenvalue weighted by atomic mass is 9.98. The SMILES string of the molecule is Fc1cccnc1C1CNC1. The van der Waals surface area contributed by atoms with Crippen LogP contribution in [0.5, 0.6) is 0 Å². The predicted molar refractivity (Wildman–Crippen MR) is 39.8 cm³/mol. The topological polar surface area (TPSA) is 24.9 Å². The zero-order chi connectivity index (χ0) is 7.68. The van der Waals surface area contributed by atoms with Gasteiger partial charge in [-0.05, 0) is 12.1 Å². The monoisotopic (exact) mass is 152 g/mol. The van der Waals surface area contributed by atoms with Gasteiger partial charge in [-0.1, -0.05) is 0 Å². The van der Waals surface area contributed by atoms with Crippen molar-refractivity contribution < 1.29 is 4.39 Å². The zero-order valence-electron chi connectivity index (χ0n) is 6.05. The average molecular weight is 152 g/mol. The van der Waals surface area contributed by atoms with E-state index in [0.29, 0.717) is 5.69 Å². The van der Waals surface area contributed by atoms with Crippen molar-refractivity contribution in [1.29, 1.82) is 0 Å². The average Bonchev–Trinajstić information content (AvgIpc) is 1.90. The van der Waals surface area contributed by atoms with Crippen LogP contribution in [0.3, 0.4) is 0 Å². The van der Waals surface area contributed by atoms with Crippen LogP contribution < -0.4 is 5.32 Å². The molecule has 2 heterocycles. The number of nitrogens with one attached hydrogen (secondary N) is 1. The van der Waals surface area contributed by atoms with E-state index in [1.54, 1.807) is 12.3 Å². The quantitative estimate of drug-likeness (QED) is 0.647. The Bertz CT molecular complexity index is 258.